The molecule has 0 aromatic carbocycles. The van der Waals surface area contributed by atoms with Gasteiger partial charge in [-0.2, -0.15) is 0 Å². The zero-order valence-corrected chi connectivity index (χ0v) is 11.3. The lowest BCUT2D eigenvalue weighted by molar-refractivity contribution is 0.525. The van der Waals surface area contributed by atoms with Gasteiger partial charge < -0.3 is 10.3 Å². The van der Waals surface area contributed by atoms with Crippen molar-refractivity contribution < 1.29 is 8.42 Å². The molecule has 3 N–H and O–H groups in total. The Labute approximate surface area is 102 Å². The van der Waals surface area contributed by atoms with E-state index in [4.69, 9.17) is 5.73 Å². The van der Waals surface area contributed by atoms with Crippen LogP contribution in [0.3, 0.4) is 0 Å². The number of nitrogens with two attached hydrogens (primary N) is 1. The first kappa shape index (κ1) is 14.1. The van der Waals surface area contributed by atoms with E-state index in [0.717, 1.165) is 12.8 Å². The summed E-state index contributed by atoms with van der Waals surface area (Å²) in [5.74, 6) is 0.658. The number of sulfonamides is 1. The van der Waals surface area contributed by atoms with Crippen LogP contribution in [0.25, 0.3) is 0 Å². The maximum Gasteiger partial charge on any atom is 0.259 e. The Morgan fingerprint density at radius 1 is 1.59 bits per heavy atom. The standard InChI is InChI=1S/C10H20N4O2S/c1-4-5-9(6-11)13-17(15,16)10-7-14(3)8(2)12-10/h7,9,13H,4-6,11H2,1-3H3. The van der Waals surface area contributed by atoms with Crippen molar-refractivity contribution in [3.05, 3.63) is 12.0 Å². The predicted octanol–water partition coefficient (Wildman–Crippen LogP) is 0.134. The molecular formula is C10H20N4O2S. The molecule has 0 aliphatic heterocycles. The fourth-order valence-electron chi connectivity index (χ4n) is 1.51. The second-order valence-corrected chi connectivity index (χ2v) is 5.74. The van der Waals surface area contributed by atoms with Crippen LogP contribution in [-0.4, -0.2) is 30.6 Å². The van der Waals surface area contributed by atoms with E-state index in [1.165, 1.54) is 6.20 Å². The highest BCUT2D eigenvalue weighted by atomic mass is 32.2. The van der Waals surface area contributed by atoms with E-state index >= 15 is 0 Å². The summed E-state index contributed by atoms with van der Waals surface area (Å²) in [6.45, 7) is 4.03. The third kappa shape index (κ3) is 3.52. The molecule has 0 fully saturated rings. The predicted molar refractivity (Wildman–Crippen MR) is 66.0 cm³/mol. The van der Waals surface area contributed by atoms with Gasteiger partial charge in [-0.05, 0) is 13.3 Å². The molecule has 0 aliphatic rings. The molecule has 6 nitrogen and oxygen atoms in total. The molecule has 0 radical (unpaired) electrons. The van der Waals surface area contributed by atoms with Crippen LogP contribution in [0.2, 0.25) is 0 Å². The van der Waals surface area contributed by atoms with Crippen LogP contribution in [0.4, 0.5) is 0 Å². The number of aryl methyl sites for hydroxylation is 2. The first-order valence-corrected chi connectivity index (χ1v) is 7.11. The maximum absolute atomic E-state index is 12.0. The normalized spacial score (nSPS) is 13.9. The molecule has 0 aliphatic carbocycles. The molecule has 1 aromatic heterocycles. The van der Waals surface area contributed by atoms with Crippen LogP contribution < -0.4 is 10.5 Å². The molecule has 1 heterocycles. The van der Waals surface area contributed by atoms with Gasteiger partial charge in [0.15, 0.2) is 5.03 Å². The van der Waals surface area contributed by atoms with E-state index < -0.39 is 10.0 Å². The highest BCUT2D eigenvalue weighted by Gasteiger charge is 2.21. The number of hydrogen-bond donors (Lipinski definition) is 2. The Balaban J connectivity index is 2.88. The second-order valence-electron chi connectivity index (χ2n) is 4.08. The van der Waals surface area contributed by atoms with Crippen LogP contribution in [0.5, 0.6) is 0 Å². The third-order valence-corrected chi connectivity index (χ3v) is 4.00. The minimum Gasteiger partial charge on any atom is -0.337 e. The van der Waals surface area contributed by atoms with E-state index in [1.54, 1.807) is 18.5 Å². The molecule has 1 unspecified atom stereocenters. The molecule has 1 atom stereocenters. The molecule has 7 heteroatoms. The Morgan fingerprint density at radius 2 is 2.24 bits per heavy atom. The molecule has 0 saturated heterocycles. The van der Waals surface area contributed by atoms with Gasteiger partial charge in [0.2, 0.25) is 0 Å². The SMILES string of the molecule is CCCC(CN)NS(=O)(=O)c1cn(C)c(C)n1. The van der Waals surface area contributed by atoms with Crippen LogP contribution in [0.1, 0.15) is 25.6 Å². The van der Waals surface area contributed by atoms with Crippen molar-refractivity contribution in [3.8, 4) is 0 Å². The van der Waals surface area contributed by atoms with Crippen molar-refractivity contribution in [1.29, 1.82) is 0 Å². The van der Waals surface area contributed by atoms with Gasteiger partial charge in [0.25, 0.3) is 10.0 Å². The summed E-state index contributed by atoms with van der Waals surface area (Å²) in [6.07, 6.45) is 3.10. The van der Waals surface area contributed by atoms with E-state index in [0.29, 0.717) is 12.4 Å². The number of nitrogens with one attached hydrogen (secondary N) is 1. The van der Waals surface area contributed by atoms with Gasteiger partial charge in [0, 0.05) is 25.8 Å². The van der Waals surface area contributed by atoms with Gasteiger partial charge >= 0.3 is 0 Å². The Kier molecular flexibility index (Phi) is 4.67. The van der Waals surface area contributed by atoms with E-state index in [-0.39, 0.29) is 11.1 Å². The smallest absolute Gasteiger partial charge is 0.259 e. The first-order valence-electron chi connectivity index (χ1n) is 5.63. The Bertz CT molecular complexity index is 447. The van der Waals surface area contributed by atoms with Gasteiger partial charge in [0.1, 0.15) is 5.82 Å². The summed E-state index contributed by atoms with van der Waals surface area (Å²) >= 11 is 0. The van der Waals surface area contributed by atoms with Crippen LogP contribution in [-0.2, 0) is 17.1 Å². The quantitative estimate of drug-likeness (QED) is 0.761. The molecule has 0 amide bonds. The second kappa shape index (κ2) is 5.61. The van der Waals surface area contributed by atoms with Crippen molar-refractivity contribution in [2.75, 3.05) is 6.54 Å². The highest BCUT2D eigenvalue weighted by Crippen LogP contribution is 2.09. The summed E-state index contributed by atoms with van der Waals surface area (Å²) < 4.78 is 28.2. The Morgan fingerprint density at radius 3 is 2.65 bits per heavy atom. The van der Waals surface area contributed by atoms with Gasteiger partial charge in [-0.3, -0.25) is 0 Å². The average molecular weight is 260 g/mol. The zero-order chi connectivity index (χ0) is 13.1. The molecule has 0 saturated carbocycles. The largest absolute Gasteiger partial charge is 0.337 e. The molecule has 0 spiro atoms. The topological polar surface area (TPSA) is 90.0 Å². The van der Waals surface area contributed by atoms with Crippen molar-refractivity contribution in [2.45, 2.75) is 37.8 Å². The average Bonchev–Trinajstić information content (AvgIpc) is 2.59. The fourth-order valence-corrected chi connectivity index (χ4v) is 2.83. The van der Waals surface area contributed by atoms with Crippen LogP contribution in [0.15, 0.2) is 11.2 Å². The van der Waals surface area contributed by atoms with E-state index in [1.807, 2.05) is 6.92 Å². The van der Waals surface area contributed by atoms with Crippen molar-refractivity contribution >= 4 is 10.0 Å². The van der Waals surface area contributed by atoms with Gasteiger partial charge in [-0.25, -0.2) is 18.1 Å². The molecule has 0 bridgehead atoms. The summed E-state index contributed by atoms with van der Waals surface area (Å²) in [5.41, 5.74) is 5.53. The number of imidazole rings is 1. The summed E-state index contributed by atoms with van der Waals surface area (Å²) in [6, 6.07) is -0.229. The van der Waals surface area contributed by atoms with Gasteiger partial charge in [0.05, 0.1) is 0 Å². The minimum absolute atomic E-state index is 0.0482. The molecule has 1 rings (SSSR count). The number of aromatic nitrogens is 2. The number of rotatable bonds is 6. The van der Waals surface area contributed by atoms with Crippen molar-refractivity contribution in [1.82, 2.24) is 14.3 Å². The minimum atomic E-state index is -3.56. The van der Waals surface area contributed by atoms with Crippen molar-refractivity contribution in [3.63, 3.8) is 0 Å². The maximum atomic E-state index is 12.0. The number of nitrogens with zero attached hydrogens (tertiary/aromatic N) is 2. The van der Waals surface area contributed by atoms with Gasteiger partial charge in [-0.15, -0.1) is 0 Å². The van der Waals surface area contributed by atoms with E-state index in [9.17, 15) is 8.42 Å². The molecule has 17 heavy (non-hydrogen) atoms. The highest BCUT2D eigenvalue weighted by molar-refractivity contribution is 7.89. The lowest BCUT2D eigenvalue weighted by atomic mass is 10.2. The summed E-state index contributed by atoms with van der Waals surface area (Å²) in [4.78, 5) is 4.00. The number of hydrogen-bond acceptors (Lipinski definition) is 4. The lowest BCUT2D eigenvalue weighted by Gasteiger charge is -2.14. The summed E-state index contributed by atoms with van der Waals surface area (Å²) in [7, 11) is -1.80. The Hall–Kier alpha value is -0.920. The fraction of sp³-hybridized carbons (Fsp3) is 0.700. The molecule has 98 valence electrons. The summed E-state index contributed by atoms with van der Waals surface area (Å²) in [5, 5.41) is 0.0482. The van der Waals surface area contributed by atoms with Crippen LogP contribution in [0, 0.1) is 6.92 Å². The molecule has 1 aromatic rings. The van der Waals surface area contributed by atoms with Crippen molar-refractivity contribution in [2.24, 2.45) is 12.8 Å². The van der Waals surface area contributed by atoms with Crippen LogP contribution >= 0.6 is 0 Å². The lowest BCUT2D eigenvalue weighted by Crippen LogP contribution is -2.40. The zero-order valence-electron chi connectivity index (χ0n) is 10.5. The third-order valence-electron chi connectivity index (χ3n) is 2.61. The monoisotopic (exact) mass is 260 g/mol. The van der Waals surface area contributed by atoms with Gasteiger partial charge in [-0.1, -0.05) is 13.3 Å². The first-order chi connectivity index (χ1) is 7.90. The van der Waals surface area contributed by atoms with E-state index in [2.05, 4.69) is 9.71 Å². The molecular weight excluding hydrogens is 240 g/mol.